The third kappa shape index (κ3) is 4.25. The van der Waals surface area contributed by atoms with Gasteiger partial charge in [-0.2, -0.15) is 13.2 Å². The van der Waals surface area contributed by atoms with E-state index in [0.29, 0.717) is 0 Å². The zero-order valence-corrected chi connectivity index (χ0v) is 11.6. The lowest BCUT2D eigenvalue weighted by atomic mass is 10.1. The molecule has 1 aromatic rings. The minimum Gasteiger partial charge on any atom is -0.387 e. The number of benzene rings is 1. The first kappa shape index (κ1) is 15.5. The molecule has 1 rings (SSSR count). The minimum absolute atomic E-state index is 0.0217. The standard InChI is InChI=1S/C10H10BrF3O3S/c1-18(16,17)5-9(15)7-3-2-6(4-8(7)11)10(12,13)14/h2-4,9,15H,5H2,1H3. The monoisotopic (exact) mass is 346 g/mol. The number of alkyl halides is 3. The Labute approximate surface area is 111 Å². The molecule has 0 radical (unpaired) electrons. The smallest absolute Gasteiger partial charge is 0.387 e. The summed E-state index contributed by atoms with van der Waals surface area (Å²) >= 11 is 2.89. The van der Waals surface area contributed by atoms with Crippen molar-refractivity contribution in [3.63, 3.8) is 0 Å². The Balaban J connectivity index is 3.07. The largest absolute Gasteiger partial charge is 0.416 e. The van der Waals surface area contributed by atoms with Gasteiger partial charge in [-0.1, -0.05) is 22.0 Å². The van der Waals surface area contributed by atoms with E-state index >= 15 is 0 Å². The van der Waals surface area contributed by atoms with E-state index in [0.717, 1.165) is 24.5 Å². The summed E-state index contributed by atoms with van der Waals surface area (Å²) in [6.45, 7) is 0. The number of aliphatic hydroxyl groups excluding tert-OH is 1. The van der Waals surface area contributed by atoms with Gasteiger partial charge < -0.3 is 5.11 Å². The molecule has 102 valence electrons. The number of aliphatic hydroxyl groups is 1. The van der Waals surface area contributed by atoms with Crippen LogP contribution in [0.1, 0.15) is 17.2 Å². The molecule has 1 N–H and O–H groups in total. The lowest BCUT2D eigenvalue weighted by molar-refractivity contribution is -0.137. The van der Waals surface area contributed by atoms with Crippen molar-refractivity contribution in [1.82, 2.24) is 0 Å². The summed E-state index contributed by atoms with van der Waals surface area (Å²) in [4.78, 5) is 0. The quantitative estimate of drug-likeness (QED) is 0.914. The first-order valence-electron chi connectivity index (χ1n) is 4.73. The third-order valence-corrected chi connectivity index (χ3v) is 3.76. The van der Waals surface area contributed by atoms with E-state index in [-0.39, 0.29) is 10.0 Å². The van der Waals surface area contributed by atoms with Crippen LogP contribution in [0.2, 0.25) is 0 Å². The van der Waals surface area contributed by atoms with Gasteiger partial charge in [0.15, 0.2) is 0 Å². The van der Waals surface area contributed by atoms with Gasteiger partial charge in [-0.25, -0.2) is 8.42 Å². The van der Waals surface area contributed by atoms with Gasteiger partial charge in [0.25, 0.3) is 0 Å². The molecule has 0 saturated carbocycles. The summed E-state index contributed by atoms with van der Waals surface area (Å²) < 4.78 is 59.2. The van der Waals surface area contributed by atoms with Gasteiger partial charge in [-0.15, -0.1) is 0 Å². The first-order chi connectivity index (χ1) is 8.00. The van der Waals surface area contributed by atoms with Gasteiger partial charge in [-0.05, 0) is 17.7 Å². The van der Waals surface area contributed by atoms with Crippen LogP contribution in [0, 0.1) is 0 Å². The fourth-order valence-electron chi connectivity index (χ4n) is 1.35. The molecule has 1 unspecified atom stereocenters. The molecule has 3 nitrogen and oxygen atoms in total. The number of rotatable bonds is 3. The molecule has 0 bridgehead atoms. The number of halogens is 4. The molecule has 0 amide bonds. The summed E-state index contributed by atoms with van der Waals surface area (Å²) in [5.74, 6) is -0.545. The van der Waals surface area contributed by atoms with Crippen molar-refractivity contribution in [3.05, 3.63) is 33.8 Å². The minimum atomic E-state index is -4.48. The lowest BCUT2D eigenvalue weighted by Gasteiger charge is -2.14. The van der Waals surface area contributed by atoms with Gasteiger partial charge >= 0.3 is 6.18 Å². The molecular weight excluding hydrogens is 337 g/mol. The lowest BCUT2D eigenvalue weighted by Crippen LogP contribution is -2.14. The fraction of sp³-hybridized carbons (Fsp3) is 0.400. The zero-order valence-electron chi connectivity index (χ0n) is 9.20. The second-order valence-electron chi connectivity index (χ2n) is 3.84. The van der Waals surface area contributed by atoms with Crippen LogP contribution in [-0.2, 0) is 16.0 Å². The highest BCUT2D eigenvalue weighted by Crippen LogP contribution is 2.34. The Morgan fingerprint density at radius 2 is 1.94 bits per heavy atom. The molecule has 0 spiro atoms. The van der Waals surface area contributed by atoms with Crippen LogP contribution >= 0.6 is 15.9 Å². The van der Waals surface area contributed by atoms with Crippen LogP contribution in [0.4, 0.5) is 13.2 Å². The maximum absolute atomic E-state index is 12.4. The maximum atomic E-state index is 12.4. The topological polar surface area (TPSA) is 54.4 Å². The van der Waals surface area contributed by atoms with E-state index in [2.05, 4.69) is 15.9 Å². The summed E-state index contributed by atoms with van der Waals surface area (Å²) in [6.07, 6.45) is -4.91. The summed E-state index contributed by atoms with van der Waals surface area (Å²) in [7, 11) is -3.42. The molecule has 0 fully saturated rings. The highest BCUT2D eigenvalue weighted by atomic mass is 79.9. The van der Waals surface area contributed by atoms with Crippen molar-refractivity contribution in [2.45, 2.75) is 12.3 Å². The fourth-order valence-corrected chi connectivity index (χ4v) is 2.75. The van der Waals surface area contributed by atoms with Gasteiger partial charge in [0.1, 0.15) is 9.84 Å². The molecular formula is C10H10BrF3O3S. The Hall–Kier alpha value is -0.600. The van der Waals surface area contributed by atoms with E-state index in [4.69, 9.17) is 0 Å². The molecule has 18 heavy (non-hydrogen) atoms. The van der Waals surface area contributed by atoms with Gasteiger partial charge in [0, 0.05) is 10.7 Å². The Morgan fingerprint density at radius 3 is 2.33 bits per heavy atom. The SMILES string of the molecule is CS(=O)(=O)CC(O)c1ccc(C(F)(F)F)cc1Br. The van der Waals surface area contributed by atoms with Crippen molar-refractivity contribution in [3.8, 4) is 0 Å². The molecule has 0 saturated heterocycles. The predicted octanol–water partition coefficient (Wildman–Crippen LogP) is 2.55. The molecule has 1 aromatic carbocycles. The van der Waals surface area contributed by atoms with E-state index in [1.165, 1.54) is 0 Å². The van der Waals surface area contributed by atoms with E-state index < -0.39 is 33.4 Å². The first-order valence-corrected chi connectivity index (χ1v) is 7.58. The van der Waals surface area contributed by atoms with Crippen LogP contribution in [0.3, 0.4) is 0 Å². The van der Waals surface area contributed by atoms with Gasteiger partial charge in [0.2, 0.25) is 0 Å². The number of hydrogen-bond donors (Lipinski definition) is 1. The van der Waals surface area contributed by atoms with Crippen molar-refractivity contribution >= 4 is 25.8 Å². The average molecular weight is 347 g/mol. The second kappa shape index (κ2) is 5.18. The summed E-state index contributed by atoms with van der Waals surface area (Å²) in [5, 5.41) is 9.64. The summed E-state index contributed by atoms with van der Waals surface area (Å²) in [5.41, 5.74) is -0.766. The maximum Gasteiger partial charge on any atom is 0.416 e. The van der Waals surface area contributed by atoms with Gasteiger partial charge in [0.05, 0.1) is 17.4 Å². The normalized spacial score (nSPS) is 14.6. The molecule has 0 aromatic heterocycles. The van der Waals surface area contributed by atoms with Crippen molar-refractivity contribution in [2.75, 3.05) is 12.0 Å². The Kier molecular flexibility index (Phi) is 4.45. The Bertz CT molecular complexity index is 540. The molecule has 0 aliphatic heterocycles. The number of sulfone groups is 1. The molecule has 1 atom stereocenters. The second-order valence-corrected chi connectivity index (χ2v) is 6.88. The highest BCUT2D eigenvalue weighted by Gasteiger charge is 2.31. The average Bonchev–Trinajstić information content (AvgIpc) is 2.12. The summed E-state index contributed by atoms with van der Waals surface area (Å²) in [6, 6.07) is 2.66. The van der Waals surface area contributed by atoms with Crippen molar-refractivity contribution in [2.24, 2.45) is 0 Å². The number of hydrogen-bond acceptors (Lipinski definition) is 3. The van der Waals surface area contributed by atoms with Gasteiger partial charge in [-0.3, -0.25) is 0 Å². The highest BCUT2D eigenvalue weighted by molar-refractivity contribution is 9.10. The van der Waals surface area contributed by atoms with E-state index in [1.54, 1.807) is 0 Å². The van der Waals surface area contributed by atoms with E-state index in [1.807, 2.05) is 0 Å². The molecule has 8 heteroatoms. The molecule has 0 aliphatic rings. The van der Waals surface area contributed by atoms with Crippen LogP contribution < -0.4 is 0 Å². The van der Waals surface area contributed by atoms with Crippen LogP contribution in [0.5, 0.6) is 0 Å². The zero-order chi connectivity index (χ0) is 14.1. The predicted molar refractivity (Wildman–Crippen MR) is 63.8 cm³/mol. The van der Waals surface area contributed by atoms with Crippen molar-refractivity contribution < 1.29 is 26.7 Å². The van der Waals surface area contributed by atoms with Crippen LogP contribution in [-0.4, -0.2) is 25.5 Å². The van der Waals surface area contributed by atoms with E-state index in [9.17, 15) is 26.7 Å². The van der Waals surface area contributed by atoms with Crippen LogP contribution in [0.15, 0.2) is 22.7 Å². The third-order valence-electron chi connectivity index (χ3n) is 2.15. The molecule has 0 aliphatic carbocycles. The Morgan fingerprint density at radius 1 is 1.39 bits per heavy atom. The van der Waals surface area contributed by atoms with Crippen LogP contribution in [0.25, 0.3) is 0 Å². The van der Waals surface area contributed by atoms with Crippen molar-refractivity contribution in [1.29, 1.82) is 0 Å². The molecule has 0 heterocycles.